The van der Waals surface area contributed by atoms with E-state index in [1.165, 1.54) is 18.2 Å². The molecule has 0 fully saturated rings. The molecule has 2 nitrogen and oxygen atoms in total. The molecule has 1 atom stereocenters. The molecular weight excluding hydrogens is 263 g/mol. The highest BCUT2D eigenvalue weighted by atomic mass is 35.5. The maximum atomic E-state index is 12.0. The van der Waals surface area contributed by atoms with Crippen molar-refractivity contribution in [1.82, 2.24) is 0 Å². The normalized spacial score (nSPS) is 13.8. The van der Waals surface area contributed by atoms with Crippen LogP contribution in [0, 0.1) is 0 Å². The highest BCUT2D eigenvalue weighted by Crippen LogP contribution is 2.31. The number of aliphatic hydroxyl groups is 1. The molecule has 0 aliphatic carbocycles. The highest BCUT2D eigenvalue weighted by molar-refractivity contribution is 7.99. The van der Waals surface area contributed by atoms with Crippen molar-refractivity contribution < 1.29 is 18.3 Å². The van der Waals surface area contributed by atoms with Gasteiger partial charge < -0.3 is 10.8 Å². The second-order valence-corrected chi connectivity index (χ2v) is 4.55. The lowest BCUT2D eigenvalue weighted by Gasteiger charge is -2.14. The molecule has 16 heavy (non-hydrogen) atoms. The first-order valence-corrected chi connectivity index (χ1v) is 5.59. The molecule has 0 aliphatic rings. The molecule has 0 radical (unpaired) electrons. The van der Waals surface area contributed by atoms with E-state index in [2.05, 4.69) is 0 Å². The minimum absolute atomic E-state index is 0.298. The average Bonchev–Trinajstić information content (AvgIpc) is 2.14. The van der Waals surface area contributed by atoms with E-state index in [0.29, 0.717) is 15.6 Å². The van der Waals surface area contributed by atoms with Crippen molar-refractivity contribution in [3.8, 4) is 0 Å². The number of hydrogen-bond acceptors (Lipinski definition) is 3. The van der Waals surface area contributed by atoms with E-state index in [9.17, 15) is 13.2 Å². The van der Waals surface area contributed by atoms with Crippen LogP contribution < -0.4 is 5.73 Å². The first-order valence-electron chi connectivity index (χ1n) is 4.23. The number of aliphatic hydroxyl groups excluding tert-OH is 1. The molecular formula is C9H9ClF3NOS. The summed E-state index contributed by atoms with van der Waals surface area (Å²) in [5.41, 5.74) is 5.85. The number of anilines is 1. The smallest absolute Gasteiger partial charge is 0.398 e. The summed E-state index contributed by atoms with van der Waals surface area (Å²) in [6, 6.07) is 4.50. The summed E-state index contributed by atoms with van der Waals surface area (Å²) in [5, 5.41) is 9.19. The Labute approximate surface area is 99.6 Å². The van der Waals surface area contributed by atoms with Gasteiger partial charge >= 0.3 is 6.18 Å². The molecule has 90 valence electrons. The lowest BCUT2D eigenvalue weighted by Crippen LogP contribution is -2.30. The zero-order chi connectivity index (χ0) is 12.3. The summed E-state index contributed by atoms with van der Waals surface area (Å²) in [7, 11) is 0. The van der Waals surface area contributed by atoms with E-state index in [-0.39, 0.29) is 0 Å². The molecule has 0 bridgehead atoms. The van der Waals surface area contributed by atoms with Gasteiger partial charge in [0.05, 0.1) is 0 Å². The molecule has 0 saturated carbocycles. The van der Waals surface area contributed by atoms with Gasteiger partial charge in [-0.2, -0.15) is 13.2 Å². The lowest BCUT2D eigenvalue weighted by atomic mass is 10.3. The Balaban J connectivity index is 2.62. The average molecular weight is 272 g/mol. The summed E-state index contributed by atoms with van der Waals surface area (Å²) in [6.45, 7) is 0. The van der Waals surface area contributed by atoms with Crippen LogP contribution in [-0.2, 0) is 0 Å². The summed E-state index contributed by atoms with van der Waals surface area (Å²) in [6.07, 6.45) is -6.96. The van der Waals surface area contributed by atoms with Gasteiger partial charge in [-0.1, -0.05) is 11.6 Å². The third-order valence-electron chi connectivity index (χ3n) is 1.75. The van der Waals surface area contributed by atoms with Crippen LogP contribution in [0.15, 0.2) is 23.1 Å². The zero-order valence-corrected chi connectivity index (χ0v) is 9.53. The number of thioether (sulfide) groups is 1. The van der Waals surface area contributed by atoms with Crippen molar-refractivity contribution in [3.05, 3.63) is 23.2 Å². The van der Waals surface area contributed by atoms with E-state index < -0.39 is 18.0 Å². The van der Waals surface area contributed by atoms with Crippen LogP contribution in [0.5, 0.6) is 0 Å². The number of halogens is 4. The van der Waals surface area contributed by atoms with Crippen molar-refractivity contribution in [1.29, 1.82) is 0 Å². The number of rotatable bonds is 3. The molecule has 1 unspecified atom stereocenters. The topological polar surface area (TPSA) is 46.2 Å². The predicted octanol–water partition coefficient (Wildman–Crippen LogP) is 2.94. The van der Waals surface area contributed by atoms with E-state index in [1.54, 1.807) is 0 Å². The second kappa shape index (κ2) is 5.16. The number of hydrogen-bond donors (Lipinski definition) is 2. The molecule has 0 aromatic heterocycles. The van der Waals surface area contributed by atoms with Crippen LogP contribution in [0.3, 0.4) is 0 Å². The first kappa shape index (κ1) is 13.5. The van der Waals surface area contributed by atoms with Crippen LogP contribution in [0.4, 0.5) is 18.9 Å². The third-order valence-corrected chi connectivity index (χ3v) is 3.15. The van der Waals surface area contributed by atoms with Crippen LogP contribution in [0.1, 0.15) is 0 Å². The van der Waals surface area contributed by atoms with E-state index in [0.717, 1.165) is 11.8 Å². The summed E-state index contributed by atoms with van der Waals surface area (Å²) in [5.74, 6) is -0.491. The van der Waals surface area contributed by atoms with E-state index in [1.807, 2.05) is 0 Å². The molecule has 0 saturated heterocycles. The lowest BCUT2D eigenvalue weighted by molar-refractivity contribution is -0.195. The quantitative estimate of drug-likeness (QED) is 0.656. The molecule has 1 aromatic carbocycles. The maximum absolute atomic E-state index is 12.0. The van der Waals surface area contributed by atoms with Crippen LogP contribution in [-0.4, -0.2) is 23.1 Å². The fourth-order valence-corrected chi connectivity index (χ4v) is 2.01. The number of alkyl halides is 3. The molecule has 1 aromatic rings. The first-order chi connectivity index (χ1) is 7.30. The van der Waals surface area contributed by atoms with Crippen LogP contribution in [0.25, 0.3) is 0 Å². The fraction of sp³-hybridized carbons (Fsp3) is 0.333. The monoisotopic (exact) mass is 271 g/mol. The van der Waals surface area contributed by atoms with E-state index >= 15 is 0 Å². The van der Waals surface area contributed by atoms with Gasteiger partial charge in [0.2, 0.25) is 0 Å². The van der Waals surface area contributed by atoms with E-state index in [4.69, 9.17) is 22.4 Å². The van der Waals surface area contributed by atoms with Gasteiger partial charge in [-0.25, -0.2) is 0 Å². The van der Waals surface area contributed by atoms with Gasteiger partial charge in [-0.3, -0.25) is 0 Å². The summed E-state index contributed by atoms with van der Waals surface area (Å²) >= 11 is 6.47. The zero-order valence-electron chi connectivity index (χ0n) is 7.96. The highest BCUT2D eigenvalue weighted by Gasteiger charge is 2.37. The largest absolute Gasteiger partial charge is 0.415 e. The minimum atomic E-state index is -4.60. The molecule has 0 heterocycles. The Kier molecular flexibility index (Phi) is 4.35. The standard InChI is InChI=1S/C9H9ClF3NOS/c10-5-1-2-7(6(14)3-5)16-4-8(15)9(11,12)13/h1-3,8,15H,4,14H2. The fourth-order valence-electron chi connectivity index (χ4n) is 0.914. The van der Waals surface area contributed by atoms with Gasteiger partial charge in [0.25, 0.3) is 0 Å². The van der Waals surface area contributed by atoms with Crippen molar-refractivity contribution >= 4 is 29.1 Å². The van der Waals surface area contributed by atoms with Gasteiger partial charge in [0, 0.05) is 21.4 Å². The van der Waals surface area contributed by atoms with Crippen molar-refractivity contribution in [3.63, 3.8) is 0 Å². The Bertz CT molecular complexity index is 372. The number of nitrogen functional groups attached to an aromatic ring is 1. The molecule has 0 amide bonds. The summed E-state index contributed by atoms with van der Waals surface area (Å²) in [4.78, 5) is 0.465. The van der Waals surface area contributed by atoms with Crippen molar-refractivity contribution in [2.24, 2.45) is 0 Å². The summed E-state index contributed by atoms with van der Waals surface area (Å²) < 4.78 is 36.0. The van der Waals surface area contributed by atoms with Crippen molar-refractivity contribution in [2.45, 2.75) is 17.2 Å². The molecule has 0 aliphatic heterocycles. The predicted molar refractivity (Wildman–Crippen MR) is 58.7 cm³/mol. The molecule has 0 spiro atoms. The van der Waals surface area contributed by atoms with Gasteiger partial charge in [-0.05, 0) is 18.2 Å². The SMILES string of the molecule is Nc1cc(Cl)ccc1SCC(O)C(F)(F)F. The molecule has 7 heteroatoms. The van der Waals surface area contributed by atoms with Gasteiger partial charge in [-0.15, -0.1) is 11.8 Å². The minimum Gasteiger partial charge on any atom is -0.398 e. The Morgan fingerprint density at radius 2 is 2.06 bits per heavy atom. The third kappa shape index (κ3) is 3.77. The van der Waals surface area contributed by atoms with Crippen LogP contribution >= 0.6 is 23.4 Å². The number of benzene rings is 1. The Hall–Kier alpha value is -0.590. The molecule has 1 rings (SSSR count). The molecule has 3 N–H and O–H groups in total. The van der Waals surface area contributed by atoms with Gasteiger partial charge in [0.15, 0.2) is 6.10 Å². The van der Waals surface area contributed by atoms with Gasteiger partial charge in [0.1, 0.15) is 0 Å². The second-order valence-electron chi connectivity index (χ2n) is 3.05. The maximum Gasteiger partial charge on any atom is 0.415 e. The number of nitrogens with two attached hydrogens (primary N) is 1. The Morgan fingerprint density at radius 3 is 2.56 bits per heavy atom. The van der Waals surface area contributed by atoms with Crippen molar-refractivity contribution in [2.75, 3.05) is 11.5 Å². The van der Waals surface area contributed by atoms with Crippen LogP contribution in [0.2, 0.25) is 5.02 Å². The Morgan fingerprint density at radius 1 is 1.44 bits per heavy atom.